The number of carbonyl (C=O) groups is 1. The molecule has 0 saturated heterocycles. The van der Waals surface area contributed by atoms with E-state index in [1.807, 2.05) is 24.3 Å². The Bertz CT molecular complexity index is 1240. The van der Waals surface area contributed by atoms with Gasteiger partial charge in [0.15, 0.2) is 5.82 Å². The molecule has 0 aliphatic rings. The zero-order valence-corrected chi connectivity index (χ0v) is 17.1. The lowest BCUT2D eigenvalue weighted by Crippen LogP contribution is -2.12. The Morgan fingerprint density at radius 1 is 1.06 bits per heavy atom. The highest BCUT2D eigenvalue weighted by Crippen LogP contribution is 2.21. The van der Waals surface area contributed by atoms with Gasteiger partial charge in [0, 0.05) is 29.7 Å². The van der Waals surface area contributed by atoms with E-state index in [9.17, 15) is 9.59 Å². The Morgan fingerprint density at radius 3 is 2.58 bits per heavy atom. The number of carbonyl (C=O) groups excluding carboxylic acids is 1. The average molecular weight is 419 g/mol. The zero-order chi connectivity index (χ0) is 21.8. The third-order valence-electron chi connectivity index (χ3n) is 4.73. The number of aromatic amines is 1. The van der Waals surface area contributed by atoms with E-state index >= 15 is 0 Å². The van der Waals surface area contributed by atoms with Crippen LogP contribution in [0.1, 0.15) is 37.6 Å². The number of benzene rings is 2. The number of nitrogens with one attached hydrogen (secondary N) is 2. The number of aromatic nitrogens is 4. The second-order valence-electron chi connectivity index (χ2n) is 7.36. The van der Waals surface area contributed by atoms with Crippen LogP contribution in [-0.4, -0.2) is 26.2 Å². The molecule has 0 fully saturated rings. The predicted octanol–water partition coefficient (Wildman–Crippen LogP) is 3.77. The molecule has 1 amide bonds. The van der Waals surface area contributed by atoms with Gasteiger partial charge in [-0.3, -0.25) is 14.3 Å². The normalized spacial score (nSPS) is 11.1. The highest BCUT2D eigenvalue weighted by molar-refractivity contribution is 5.91. The van der Waals surface area contributed by atoms with Crippen LogP contribution >= 0.6 is 0 Å². The summed E-state index contributed by atoms with van der Waals surface area (Å²) in [6.45, 7) is 4.27. The molecule has 0 unspecified atom stereocenters. The number of rotatable bonds is 7. The van der Waals surface area contributed by atoms with Crippen molar-refractivity contribution in [2.45, 2.75) is 32.6 Å². The Morgan fingerprint density at radius 2 is 1.87 bits per heavy atom. The maximum Gasteiger partial charge on any atom is 0.439 e. The van der Waals surface area contributed by atoms with Crippen molar-refractivity contribution in [3.63, 3.8) is 0 Å². The van der Waals surface area contributed by atoms with E-state index in [0.29, 0.717) is 41.1 Å². The van der Waals surface area contributed by atoms with Gasteiger partial charge < -0.3 is 9.84 Å². The standard InChI is InChI=1S/C22H21N5O4/c1-13(2)14-6-8-15(9-7-14)20-24-19(30-26-20)11-10-18(28)23-17-5-3-4-16(12-17)21-25-22(29)31-27-21/h3-9,12-13H,10-11H2,1-2H3,(H,23,28)(H,25,27,29). The van der Waals surface area contributed by atoms with Gasteiger partial charge in [0.1, 0.15) is 0 Å². The third kappa shape index (κ3) is 4.95. The number of amides is 1. The molecule has 0 aliphatic heterocycles. The number of anilines is 1. The van der Waals surface area contributed by atoms with Gasteiger partial charge in [-0.2, -0.15) is 4.98 Å². The van der Waals surface area contributed by atoms with Crippen molar-refractivity contribution in [1.82, 2.24) is 20.3 Å². The van der Waals surface area contributed by atoms with E-state index in [-0.39, 0.29) is 12.3 Å². The lowest BCUT2D eigenvalue weighted by Gasteiger charge is -2.05. The Labute approximate surface area is 177 Å². The largest absolute Gasteiger partial charge is 0.439 e. The van der Waals surface area contributed by atoms with Crippen LogP contribution in [0.2, 0.25) is 0 Å². The summed E-state index contributed by atoms with van der Waals surface area (Å²) in [5, 5.41) is 10.5. The molecule has 2 heterocycles. The Kier molecular flexibility index (Phi) is 5.74. The van der Waals surface area contributed by atoms with Gasteiger partial charge in [0.2, 0.25) is 17.6 Å². The Balaban J connectivity index is 1.35. The van der Waals surface area contributed by atoms with Gasteiger partial charge in [-0.25, -0.2) is 4.79 Å². The van der Waals surface area contributed by atoms with E-state index in [1.165, 1.54) is 5.56 Å². The highest BCUT2D eigenvalue weighted by atomic mass is 16.5. The molecule has 2 aromatic heterocycles. The van der Waals surface area contributed by atoms with Gasteiger partial charge in [0.25, 0.3) is 0 Å². The van der Waals surface area contributed by atoms with Gasteiger partial charge >= 0.3 is 5.76 Å². The summed E-state index contributed by atoms with van der Waals surface area (Å²) >= 11 is 0. The quantitative estimate of drug-likeness (QED) is 0.467. The van der Waals surface area contributed by atoms with Crippen LogP contribution < -0.4 is 11.1 Å². The molecule has 0 bridgehead atoms. The number of hydrogen-bond donors (Lipinski definition) is 2. The summed E-state index contributed by atoms with van der Waals surface area (Å²) in [7, 11) is 0. The fraction of sp³-hybridized carbons (Fsp3) is 0.227. The molecule has 0 aliphatic carbocycles. The number of H-pyrrole nitrogens is 1. The first-order valence-corrected chi connectivity index (χ1v) is 9.87. The summed E-state index contributed by atoms with van der Waals surface area (Å²) in [5.41, 5.74) is 3.30. The first kappa shape index (κ1) is 20.3. The van der Waals surface area contributed by atoms with Crippen LogP contribution in [-0.2, 0) is 11.2 Å². The van der Waals surface area contributed by atoms with E-state index in [1.54, 1.807) is 24.3 Å². The van der Waals surface area contributed by atoms with Crippen LogP contribution in [0.3, 0.4) is 0 Å². The van der Waals surface area contributed by atoms with Crippen molar-refractivity contribution in [2.75, 3.05) is 5.32 Å². The molecular formula is C22H21N5O4. The second kappa shape index (κ2) is 8.78. The summed E-state index contributed by atoms with van der Waals surface area (Å²) in [4.78, 5) is 30.3. The molecule has 0 radical (unpaired) electrons. The van der Waals surface area contributed by atoms with E-state index in [0.717, 1.165) is 5.56 Å². The fourth-order valence-corrected chi connectivity index (χ4v) is 3.03. The van der Waals surface area contributed by atoms with Crippen LogP contribution in [0.5, 0.6) is 0 Å². The Hall–Kier alpha value is -4.01. The van der Waals surface area contributed by atoms with E-state index in [2.05, 4.69) is 44.0 Å². The number of aryl methyl sites for hydroxylation is 1. The van der Waals surface area contributed by atoms with Gasteiger partial charge in [-0.15, -0.1) is 0 Å². The zero-order valence-electron chi connectivity index (χ0n) is 17.1. The van der Waals surface area contributed by atoms with Gasteiger partial charge in [-0.1, -0.05) is 60.6 Å². The minimum atomic E-state index is -0.640. The van der Waals surface area contributed by atoms with Crippen molar-refractivity contribution in [3.8, 4) is 22.8 Å². The molecule has 0 spiro atoms. The van der Waals surface area contributed by atoms with Crippen LogP contribution in [0, 0.1) is 0 Å². The van der Waals surface area contributed by atoms with Gasteiger partial charge in [0.05, 0.1) is 0 Å². The van der Waals surface area contributed by atoms with Crippen molar-refractivity contribution in [1.29, 1.82) is 0 Å². The van der Waals surface area contributed by atoms with Crippen LogP contribution in [0.15, 0.2) is 62.4 Å². The predicted molar refractivity (Wildman–Crippen MR) is 113 cm³/mol. The molecule has 2 N–H and O–H groups in total. The van der Waals surface area contributed by atoms with Crippen LogP contribution in [0.4, 0.5) is 5.69 Å². The first-order chi connectivity index (χ1) is 15.0. The highest BCUT2D eigenvalue weighted by Gasteiger charge is 2.12. The molecule has 2 aromatic carbocycles. The molecule has 158 valence electrons. The average Bonchev–Trinajstić information content (AvgIpc) is 3.42. The molecule has 9 nitrogen and oxygen atoms in total. The maximum absolute atomic E-state index is 12.3. The second-order valence-corrected chi connectivity index (χ2v) is 7.36. The minimum Gasteiger partial charge on any atom is -0.339 e. The van der Waals surface area contributed by atoms with Crippen molar-refractivity contribution >= 4 is 11.6 Å². The van der Waals surface area contributed by atoms with Crippen LogP contribution in [0.25, 0.3) is 22.8 Å². The van der Waals surface area contributed by atoms with Crippen molar-refractivity contribution in [2.24, 2.45) is 0 Å². The first-order valence-electron chi connectivity index (χ1n) is 9.87. The maximum atomic E-state index is 12.3. The van der Waals surface area contributed by atoms with Gasteiger partial charge in [-0.05, 0) is 23.6 Å². The molecule has 9 heteroatoms. The number of nitrogens with zero attached hydrogens (tertiary/aromatic N) is 3. The summed E-state index contributed by atoms with van der Waals surface area (Å²) < 4.78 is 9.79. The monoisotopic (exact) mass is 419 g/mol. The molecule has 0 atom stereocenters. The molecule has 0 saturated carbocycles. The fourth-order valence-electron chi connectivity index (χ4n) is 3.03. The SMILES string of the molecule is CC(C)c1ccc(-c2noc(CCC(=O)Nc3cccc(-c4noc(=O)[nH]4)c3)n2)cc1. The van der Waals surface area contributed by atoms with E-state index in [4.69, 9.17) is 4.52 Å². The molecule has 4 rings (SSSR count). The lowest BCUT2D eigenvalue weighted by molar-refractivity contribution is -0.116. The summed E-state index contributed by atoms with van der Waals surface area (Å²) in [6.07, 6.45) is 0.498. The number of hydrogen-bond acceptors (Lipinski definition) is 7. The molecule has 4 aromatic rings. The molecule has 31 heavy (non-hydrogen) atoms. The third-order valence-corrected chi connectivity index (χ3v) is 4.73. The topological polar surface area (TPSA) is 127 Å². The van der Waals surface area contributed by atoms with Crippen molar-refractivity contribution < 1.29 is 13.8 Å². The molecular weight excluding hydrogens is 398 g/mol. The summed E-state index contributed by atoms with van der Waals surface area (Å²) in [5.74, 6) is 0.798. The van der Waals surface area contributed by atoms with Crippen molar-refractivity contribution in [3.05, 3.63) is 70.5 Å². The summed E-state index contributed by atoms with van der Waals surface area (Å²) in [6, 6.07) is 14.9. The smallest absolute Gasteiger partial charge is 0.339 e. The lowest BCUT2D eigenvalue weighted by atomic mass is 10.0. The van der Waals surface area contributed by atoms with E-state index < -0.39 is 5.76 Å². The minimum absolute atomic E-state index is 0.180.